The third kappa shape index (κ3) is 4.53. The van der Waals surface area contributed by atoms with E-state index in [0.717, 1.165) is 47.9 Å². The molecular formula is C21H31O5P. The highest BCUT2D eigenvalue weighted by atomic mass is 31.2. The summed E-state index contributed by atoms with van der Waals surface area (Å²) in [4.78, 5) is 12.5. The summed E-state index contributed by atoms with van der Waals surface area (Å²) in [5, 5.41) is 10.8. The molecule has 0 saturated carbocycles. The van der Waals surface area contributed by atoms with E-state index < -0.39 is 13.3 Å². The normalized spacial score (nSPS) is 16.4. The molecule has 0 aromatic heterocycles. The minimum Gasteiger partial charge on any atom is -0.507 e. The molecule has 1 unspecified atom stereocenters. The number of rotatable bonds is 6. The lowest BCUT2D eigenvalue weighted by molar-refractivity contribution is -0.114. The number of fused-ring (bicyclic) bond motifs is 1. The van der Waals surface area contributed by atoms with Gasteiger partial charge in [0.05, 0.1) is 0 Å². The maximum atomic E-state index is 12.5. The van der Waals surface area contributed by atoms with Gasteiger partial charge in [-0.2, -0.15) is 0 Å². The Kier molecular flexibility index (Phi) is 6.72. The van der Waals surface area contributed by atoms with E-state index in [1.807, 2.05) is 6.07 Å². The molecule has 5 nitrogen and oxygen atoms in total. The molecule has 0 amide bonds. The molecule has 0 spiro atoms. The average molecular weight is 394 g/mol. The molecular weight excluding hydrogens is 363 g/mol. The van der Waals surface area contributed by atoms with Crippen LogP contribution in [0.3, 0.4) is 0 Å². The van der Waals surface area contributed by atoms with Crippen LogP contribution in [0.25, 0.3) is 6.08 Å². The lowest BCUT2D eigenvalue weighted by Crippen LogP contribution is -2.17. The zero-order chi connectivity index (χ0) is 20.4. The SMILES string of the molecule is COP(=O)(OC)C(C)C(=O)C=Cc1cc(C(C)(C)C)c(O)c2c1CCCC2. The van der Waals surface area contributed by atoms with Gasteiger partial charge in [0.15, 0.2) is 5.78 Å². The molecule has 2 rings (SSSR count). The Labute approximate surface area is 162 Å². The molecule has 1 atom stereocenters. The second-order valence-electron chi connectivity index (χ2n) is 8.09. The maximum Gasteiger partial charge on any atom is 0.340 e. The average Bonchev–Trinajstić information content (AvgIpc) is 2.65. The summed E-state index contributed by atoms with van der Waals surface area (Å²) in [6.07, 6.45) is 7.06. The van der Waals surface area contributed by atoms with E-state index in [-0.39, 0.29) is 11.2 Å². The number of hydrogen-bond acceptors (Lipinski definition) is 5. The fourth-order valence-electron chi connectivity index (χ4n) is 3.54. The van der Waals surface area contributed by atoms with Crippen LogP contribution >= 0.6 is 7.60 Å². The third-order valence-corrected chi connectivity index (χ3v) is 7.51. The van der Waals surface area contributed by atoms with Crippen molar-refractivity contribution in [2.45, 2.75) is 64.5 Å². The molecule has 0 radical (unpaired) electrons. The van der Waals surface area contributed by atoms with Crippen molar-refractivity contribution in [1.29, 1.82) is 0 Å². The minimum atomic E-state index is -3.46. The first-order valence-electron chi connectivity index (χ1n) is 9.36. The van der Waals surface area contributed by atoms with Crippen LogP contribution in [0.4, 0.5) is 0 Å². The zero-order valence-corrected chi connectivity index (χ0v) is 18.1. The molecule has 1 aromatic rings. The first-order valence-corrected chi connectivity index (χ1v) is 11.0. The molecule has 1 aromatic carbocycles. The number of allylic oxidation sites excluding steroid dienone is 1. The highest BCUT2D eigenvalue weighted by Gasteiger charge is 2.34. The van der Waals surface area contributed by atoms with Crippen molar-refractivity contribution in [1.82, 2.24) is 0 Å². The van der Waals surface area contributed by atoms with Gasteiger partial charge in [0.2, 0.25) is 0 Å². The van der Waals surface area contributed by atoms with Crippen molar-refractivity contribution >= 4 is 19.5 Å². The summed E-state index contributed by atoms with van der Waals surface area (Å²) in [5.41, 5.74) is 2.83. The van der Waals surface area contributed by atoms with Crippen molar-refractivity contribution in [3.8, 4) is 5.75 Å². The summed E-state index contributed by atoms with van der Waals surface area (Å²) < 4.78 is 22.3. The van der Waals surface area contributed by atoms with E-state index in [4.69, 9.17) is 9.05 Å². The van der Waals surface area contributed by atoms with Crippen molar-refractivity contribution < 1.29 is 23.5 Å². The summed E-state index contributed by atoms with van der Waals surface area (Å²) in [7, 11) is -0.894. The van der Waals surface area contributed by atoms with Gasteiger partial charge < -0.3 is 14.2 Å². The lowest BCUT2D eigenvalue weighted by Gasteiger charge is -2.27. The van der Waals surface area contributed by atoms with Gasteiger partial charge >= 0.3 is 7.60 Å². The molecule has 0 aliphatic heterocycles. The van der Waals surface area contributed by atoms with Crippen LogP contribution in [0.5, 0.6) is 5.75 Å². The largest absolute Gasteiger partial charge is 0.507 e. The highest BCUT2D eigenvalue weighted by molar-refractivity contribution is 7.55. The molecule has 1 aliphatic rings. The fourth-order valence-corrected chi connectivity index (χ4v) is 4.72. The van der Waals surface area contributed by atoms with E-state index in [2.05, 4.69) is 20.8 Å². The van der Waals surface area contributed by atoms with E-state index in [1.165, 1.54) is 20.3 Å². The van der Waals surface area contributed by atoms with Gasteiger partial charge in [-0.25, -0.2) is 0 Å². The Hall–Kier alpha value is -1.42. The Morgan fingerprint density at radius 2 is 1.74 bits per heavy atom. The van der Waals surface area contributed by atoms with Crippen LogP contribution in [0.1, 0.15) is 62.8 Å². The molecule has 150 valence electrons. The highest BCUT2D eigenvalue weighted by Crippen LogP contribution is 2.51. The molecule has 0 saturated heterocycles. The van der Waals surface area contributed by atoms with Gasteiger partial charge in [0.1, 0.15) is 11.4 Å². The second-order valence-corrected chi connectivity index (χ2v) is 10.7. The van der Waals surface area contributed by atoms with Gasteiger partial charge in [0.25, 0.3) is 0 Å². The van der Waals surface area contributed by atoms with Gasteiger partial charge in [-0.1, -0.05) is 26.8 Å². The Balaban J connectivity index is 2.45. The van der Waals surface area contributed by atoms with Gasteiger partial charge in [-0.05, 0) is 66.9 Å². The molecule has 0 fully saturated rings. The Bertz CT molecular complexity index is 781. The van der Waals surface area contributed by atoms with Crippen molar-refractivity contribution in [3.05, 3.63) is 34.4 Å². The zero-order valence-electron chi connectivity index (χ0n) is 17.2. The van der Waals surface area contributed by atoms with Crippen LogP contribution in [0, 0.1) is 0 Å². The van der Waals surface area contributed by atoms with Crippen molar-refractivity contribution in [2.75, 3.05) is 14.2 Å². The first kappa shape index (κ1) is 21.9. The number of aromatic hydroxyl groups is 1. The molecule has 27 heavy (non-hydrogen) atoms. The van der Waals surface area contributed by atoms with E-state index in [9.17, 15) is 14.5 Å². The molecule has 1 N–H and O–H groups in total. The predicted molar refractivity (Wildman–Crippen MR) is 109 cm³/mol. The van der Waals surface area contributed by atoms with E-state index >= 15 is 0 Å². The van der Waals surface area contributed by atoms with Gasteiger partial charge in [-0.3, -0.25) is 9.36 Å². The number of carbonyl (C=O) groups is 1. The van der Waals surface area contributed by atoms with Crippen molar-refractivity contribution in [3.63, 3.8) is 0 Å². The Morgan fingerprint density at radius 3 is 2.26 bits per heavy atom. The van der Waals surface area contributed by atoms with Crippen molar-refractivity contribution in [2.24, 2.45) is 0 Å². The maximum absolute atomic E-state index is 12.5. The number of benzene rings is 1. The first-order chi connectivity index (χ1) is 12.5. The van der Waals surface area contributed by atoms with Crippen LogP contribution in [-0.4, -0.2) is 30.8 Å². The standard InChI is InChI=1S/C21H31O5P/c1-14(27(24,25-5)26-6)19(22)12-11-15-13-18(21(2,3)4)20(23)17-10-8-7-9-16(15)17/h11-14,23H,7-10H2,1-6H3. The topological polar surface area (TPSA) is 72.8 Å². The number of phenolic OH excluding ortho intramolecular Hbond substituents is 1. The predicted octanol–water partition coefficient (Wildman–Crippen LogP) is 5.03. The lowest BCUT2D eigenvalue weighted by atomic mass is 9.79. The van der Waals surface area contributed by atoms with Gasteiger partial charge in [-0.15, -0.1) is 0 Å². The summed E-state index contributed by atoms with van der Waals surface area (Å²) in [5.74, 6) is 0.0780. The third-order valence-electron chi connectivity index (χ3n) is 5.29. The number of phenols is 1. The monoisotopic (exact) mass is 394 g/mol. The van der Waals surface area contributed by atoms with Crippen LogP contribution in [-0.2, 0) is 36.7 Å². The van der Waals surface area contributed by atoms with Gasteiger partial charge in [0, 0.05) is 19.8 Å². The number of carbonyl (C=O) groups excluding carboxylic acids is 1. The Morgan fingerprint density at radius 1 is 1.19 bits per heavy atom. The minimum absolute atomic E-state index is 0.210. The molecule has 0 heterocycles. The summed E-state index contributed by atoms with van der Waals surface area (Å²) in [6, 6.07) is 1.97. The van der Waals surface area contributed by atoms with Crippen LogP contribution < -0.4 is 0 Å². The number of ketones is 1. The quantitative estimate of drug-likeness (QED) is 0.541. The smallest absolute Gasteiger partial charge is 0.340 e. The number of hydrogen-bond donors (Lipinski definition) is 1. The summed E-state index contributed by atoms with van der Waals surface area (Å²) in [6.45, 7) is 7.73. The van der Waals surface area contributed by atoms with E-state index in [0.29, 0.717) is 5.75 Å². The fraction of sp³-hybridized carbons (Fsp3) is 0.571. The second kappa shape index (κ2) is 8.30. The molecule has 0 bridgehead atoms. The summed E-state index contributed by atoms with van der Waals surface area (Å²) >= 11 is 0. The van der Waals surface area contributed by atoms with E-state index in [1.54, 1.807) is 13.0 Å². The van der Waals surface area contributed by atoms with Crippen LogP contribution in [0.2, 0.25) is 0 Å². The molecule has 1 aliphatic carbocycles. The van der Waals surface area contributed by atoms with Crippen LogP contribution in [0.15, 0.2) is 12.1 Å². The molecule has 6 heteroatoms.